The van der Waals surface area contributed by atoms with Gasteiger partial charge in [-0.3, -0.25) is 4.79 Å². The highest BCUT2D eigenvalue weighted by Crippen LogP contribution is 2.18. The van der Waals surface area contributed by atoms with Crippen LogP contribution in [-0.2, 0) is 14.8 Å². The Morgan fingerprint density at radius 1 is 1.29 bits per heavy atom. The molecule has 0 saturated heterocycles. The van der Waals surface area contributed by atoms with Crippen LogP contribution in [0.5, 0.6) is 0 Å². The number of hydrogen-bond donors (Lipinski definition) is 2. The molecule has 0 heterocycles. The summed E-state index contributed by atoms with van der Waals surface area (Å²) in [6, 6.07) is 0.103. The second-order valence-electron chi connectivity index (χ2n) is 4.52. The van der Waals surface area contributed by atoms with Gasteiger partial charge in [-0.25, -0.2) is 13.1 Å². The molecule has 0 bridgehead atoms. The van der Waals surface area contributed by atoms with Gasteiger partial charge in [0.05, 0.1) is 5.75 Å². The number of carbonyl (C=O) groups excluding carboxylic acids is 1. The third-order valence-electron chi connectivity index (χ3n) is 2.87. The molecule has 0 aliphatic heterocycles. The van der Waals surface area contributed by atoms with Gasteiger partial charge >= 0.3 is 0 Å². The van der Waals surface area contributed by atoms with Crippen LogP contribution in [0.1, 0.15) is 45.4 Å². The van der Waals surface area contributed by atoms with Crippen LogP contribution in [0.3, 0.4) is 0 Å². The summed E-state index contributed by atoms with van der Waals surface area (Å²) in [5, 5.41) is 2.61. The maximum Gasteiger partial charge on any atom is 0.220 e. The minimum atomic E-state index is -3.24. The van der Waals surface area contributed by atoms with Crippen LogP contribution in [0, 0.1) is 0 Å². The quantitative estimate of drug-likeness (QED) is 0.711. The maximum atomic E-state index is 11.7. The van der Waals surface area contributed by atoms with Crippen LogP contribution in [0.4, 0.5) is 0 Å². The highest BCUT2D eigenvalue weighted by molar-refractivity contribution is 7.89. The van der Waals surface area contributed by atoms with Gasteiger partial charge in [0.15, 0.2) is 0 Å². The van der Waals surface area contributed by atoms with Crippen molar-refractivity contribution in [2.45, 2.75) is 51.5 Å². The lowest BCUT2D eigenvalue weighted by Gasteiger charge is -2.12. The molecule has 0 spiro atoms. The van der Waals surface area contributed by atoms with Crippen LogP contribution in [-0.4, -0.2) is 32.7 Å². The number of sulfonamides is 1. The smallest absolute Gasteiger partial charge is 0.220 e. The highest BCUT2D eigenvalue weighted by Gasteiger charge is 2.20. The van der Waals surface area contributed by atoms with E-state index in [-0.39, 0.29) is 24.2 Å². The summed E-state index contributed by atoms with van der Waals surface area (Å²) in [6.45, 7) is 2.11. The Balaban J connectivity index is 2.22. The predicted molar refractivity (Wildman–Crippen MR) is 67.1 cm³/mol. The van der Waals surface area contributed by atoms with E-state index in [2.05, 4.69) is 10.0 Å². The van der Waals surface area contributed by atoms with Crippen molar-refractivity contribution in [2.75, 3.05) is 12.3 Å². The van der Waals surface area contributed by atoms with Gasteiger partial charge in [0, 0.05) is 19.0 Å². The first-order valence-corrected chi connectivity index (χ1v) is 7.95. The summed E-state index contributed by atoms with van der Waals surface area (Å²) < 4.78 is 26.0. The Morgan fingerprint density at radius 2 is 1.94 bits per heavy atom. The predicted octanol–water partition coefficient (Wildman–Crippen LogP) is 0.765. The summed E-state index contributed by atoms with van der Waals surface area (Å²) >= 11 is 0. The van der Waals surface area contributed by atoms with E-state index in [0.29, 0.717) is 6.42 Å². The summed E-state index contributed by atoms with van der Waals surface area (Å²) in [5.41, 5.74) is 0. The maximum absolute atomic E-state index is 11.7. The van der Waals surface area contributed by atoms with Gasteiger partial charge in [-0.2, -0.15) is 0 Å². The first kappa shape index (κ1) is 14.4. The Labute approximate surface area is 103 Å². The third-order valence-corrected chi connectivity index (χ3v) is 4.31. The molecule has 0 aromatic rings. The van der Waals surface area contributed by atoms with E-state index in [0.717, 1.165) is 32.1 Å². The molecule has 17 heavy (non-hydrogen) atoms. The Bertz CT molecular complexity index is 335. The van der Waals surface area contributed by atoms with Crippen molar-refractivity contribution < 1.29 is 13.2 Å². The SMILES string of the molecule is CCCC(=O)NCCS(=O)(=O)NC1CCCC1. The van der Waals surface area contributed by atoms with Crippen LogP contribution in [0.2, 0.25) is 0 Å². The lowest BCUT2D eigenvalue weighted by molar-refractivity contribution is -0.120. The fourth-order valence-electron chi connectivity index (χ4n) is 2.00. The number of rotatable bonds is 7. The Hall–Kier alpha value is -0.620. The van der Waals surface area contributed by atoms with Crippen LogP contribution < -0.4 is 10.0 Å². The largest absolute Gasteiger partial charge is 0.355 e. The van der Waals surface area contributed by atoms with Crippen LogP contribution in [0.15, 0.2) is 0 Å². The molecule has 1 fully saturated rings. The summed E-state index contributed by atoms with van der Waals surface area (Å²) in [5.74, 6) is -0.109. The minimum absolute atomic E-state index is 0.0288. The summed E-state index contributed by atoms with van der Waals surface area (Å²) in [7, 11) is -3.24. The summed E-state index contributed by atoms with van der Waals surface area (Å²) in [6.07, 6.45) is 5.29. The van der Waals surface area contributed by atoms with Crippen molar-refractivity contribution in [1.29, 1.82) is 0 Å². The molecule has 0 aromatic heterocycles. The first-order valence-electron chi connectivity index (χ1n) is 6.30. The molecule has 2 N–H and O–H groups in total. The number of carbonyl (C=O) groups is 1. The second kappa shape index (κ2) is 6.96. The number of nitrogens with one attached hydrogen (secondary N) is 2. The van der Waals surface area contributed by atoms with Crippen molar-refractivity contribution in [3.05, 3.63) is 0 Å². The lowest BCUT2D eigenvalue weighted by Crippen LogP contribution is -2.38. The average molecular weight is 262 g/mol. The molecule has 1 aliphatic carbocycles. The monoisotopic (exact) mass is 262 g/mol. The van der Waals surface area contributed by atoms with Crippen molar-refractivity contribution in [3.8, 4) is 0 Å². The van der Waals surface area contributed by atoms with Gasteiger partial charge in [-0.15, -0.1) is 0 Å². The zero-order chi connectivity index (χ0) is 12.7. The lowest BCUT2D eigenvalue weighted by atomic mass is 10.3. The van der Waals surface area contributed by atoms with Crippen molar-refractivity contribution >= 4 is 15.9 Å². The van der Waals surface area contributed by atoms with E-state index < -0.39 is 10.0 Å². The molecule has 1 aliphatic rings. The topological polar surface area (TPSA) is 75.3 Å². The van der Waals surface area contributed by atoms with E-state index in [1.807, 2.05) is 6.92 Å². The summed E-state index contributed by atoms with van der Waals surface area (Å²) in [4.78, 5) is 11.1. The van der Waals surface area contributed by atoms with Gasteiger partial charge in [0.25, 0.3) is 0 Å². The van der Waals surface area contributed by atoms with Crippen LogP contribution >= 0.6 is 0 Å². The molecule has 0 aromatic carbocycles. The van der Waals surface area contributed by atoms with Gasteiger partial charge < -0.3 is 5.32 Å². The zero-order valence-corrected chi connectivity index (χ0v) is 11.2. The molecule has 6 heteroatoms. The molecule has 100 valence electrons. The molecular formula is C11H22N2O3S. The molecule has 1 amide bonds. The zero-order valence-electron chi connectivity index (χ0n) is 10.4. The fraction of sp³-hybridized carbons (Fsp3) is 0.909. The molecule has 0 atom stereocenters. The van der Waals surface area contributed by atoms with Gasteiger partial charge in [-0.1, -0.05) is 19.8 Å². The first-order chi connectivity index (χ1) is 8.03. The molecule has 0 radical (unpaired) electrons. The second-order valence-corrected chi connectivity index (χ2v) is 6.39. The Morgan fingerprint density at radius 3 is 2.53 bits per heavy atom. The third kappa shape index (κ3) is 6.02. The molecule has 1 saturated carbocycles. The van der Waals surface area contributed by atoms with Gasteiger partial charge in [0.2, 0.25) is 15.9 Å². The standard InChI is InChI=1S/C11H22N2O3S/c1-2-5-11(14)12-8-9-17(15,16)13-10-6-3-4-7-10/h10,13H,2-9H2,1H3,(H,12,14). The average Bonchev–Trinajstić information content (AvgIpc) is 2.69. The van der Waals surface area contributed by atoms with Crippen molar-refractivity contribution in [3.63, 3.8) is 0 Å². The van der Waals surface area contributed by atoms with Gasteiger partial charge in [-0.05, 0) is 19.3 Å². The number of amides is 1. The van der Waals surface area contributed by atoms with E-state index in [4.69, 9.17) is 0 Å². The van der Waals surface area contributed by atoms with E-state index in [9.17, 15) is 13.2 Å². The Kier molecular flexibility index (Phi) is 5.91. The van der Waals surface area contributed by atoms with Crippen molar-refractivity contribution in [1.82, 2.24) is 10.0 Å². The van der Waals surface area contributed by atoms with Crippen molar-refractivity contribution in [2.24, 2.45) is 0 Å². The van der Waals surface area contributed by atoms with E-state index >= 15 is 0 Å². The van der Waals surface area contributed by atoms with Gasteiger partial charge in [0.1, 0.15) is 0 Å². The molecular weight excluding hydrogens is 240 g/mol. The molecule has 5 nitrogen and oxygen atoms in total. The highest BCUT2D eigenvalue weighted by atomic mass is 32.2. The molecule has 1 rings (SSSR count). The van der Waals surface area contributed by atoms with E-state index in [1.165, 1.54) is 0 Å². The van der Waals surface area contributed by atoms with E-state index in [1.54, 1.807) is 0 Å². The minimum Gasteiger partial charge on any atom is -0.355 e. The normalized spacial score (nSPS) is 17.2. The number of hydrogen-bond acceptors (Lipinski definition) is 3. The fourth-order valence-corrected chi connectivity index (χ4v) is 3.23. The molecule has 0 unspecified atom stereocenters. The van der Waals surface area contributed by atoms with Crippen LogP contribution in [0.25, 0.3) is 0 Å².